The Morgan fingerprint density at radius 3 is 0.986 bits per heavy atom. The topological polar surface area (TPSA) is 806 Å². The van der Waals surface area contributed by atoms with Gasteiger partial charge in [0, 0.05) is 51.7 Å². The van der Waals surface area contributed by atoms with Crippen molar-refractivity contribution in [3.63, 3.8) is 0 Å². The smallest absolute Gasteiger partial charge is 0.326 e. The van der Waals surface area contributed by atoms with Crippen molar-refractivity contribution in [1.29, 1.82) is 16.2 Å². The average molecular weight is 2000 g/mol. The molecule has 49 heteroatoms. The number of guanidine groups is 3. The number of aliphatic hydroxyl groups excluding tert-OH is 1. The molecule has 3 aromatic carbocycles. The van der Waals surface area contributed by atoms with Crippen LogP contribution in [0.2, 0.25) is 0 Å². The van der Waals surface area contributed by atoms with E-state index in [2.05, 4.69) is 95.7 Å². The van der Waals surface area contributed by atoms with Gasteiger partial charge in [-0.15, -0.1) is 0 Å². The number of unbranched alkanes of at least 4 members (excludes halogenated alkanes) is 1. The van der Waals surface area contributed by atoms with Crippen molar-refractivity contribution >= 4 is 136 Å². The highest BCUT2D eigenvalue weighted by atomic mass is 32.2. The minimum atomic E-state index is -2.07. The first-order chi connectivity index (χ1) is 66.8. The van der Waals surface area contributed by atoms with Crippen LogP contribution in [-0.2, 0) is 106 Å². The summed E-state index contributed by atoms with van der Waals surface area (Å²) in [6.07, 6.45) is -1.77. The Morgan fingerprint density at radius 2 is 0.645 bits per heavy atom. The van der Waals surface area contributed by atoms with Gasteiger partial charge in [-0.2, -0.15) is 11.8 Å². The number of hydrogen-bond donors (Lipinski definition) is 30. The van der Waals surface area contributed by atoms with E-state index in [0.29, 0.717) is 28.9 Å². The summed E-state index contributed by atoms with van der Waals surface area (Å²) in [5.41, 5.74) is 29.1. The molecule has 48 nitrogen and oxygen atoms in total. The van der Waals surface area contributed by atoms with E-state index in [0.717, 1.165) is 0 Å². The van der Waals surface area contributed by atoms with E-state index in [1.807, 2.05) is 0 Å². The van der Waals surface area contributed by atoms with Crippen LogP contribution in [0.1, 0.15) is 174 Å². The molecule has 0 unspecified atom stereocenters. The first-order valence-corrected chi connectivity index (χ1v) is 48.3. The standard InChI is InChI=1S/C92H146N26O22S/c1-9-53(6)74(88(138)116-65(45-52(4)5)81(131)108-61(34-36-71(94)120)79(129)110-63(89(139)140)33-23-42-104-92(99)100)118-86(136)68(48-56-28-17-12-18-29-56)114-85(135)69(49-73(123)124)115-78(128)60(32-22-41-103-91(97)98)106-83(133)66(46-54-24-13-10-14-25-54)113-84(134)67(47-55-26-15-11-16-27-55)112-76(126)58(30-19-20-39-93)107-87(137)70(50-119)117-82(132)64(44-51(2)3)111-77(127)59(31-21-40-102-90(95)96)105-80(130)62(38-43-141-8)109-75(125)57(101-7)35-37-72(121)122/h10-18,24-29,51-53,57-70,74,101,119H,9,19-23,30-50,93H2,1-8H3,(H2,94,120)(H,105,130)(H,106,133)(H,107,137)(H,108,131)(H,109,125)(H,110,129)(H,111,127)(H,112,126)(H,113,134)(H,114,135)(H,115,128)(H,116,138)(H,117,132)(H,118,136)(H,121,122)(H,123,124)(H,139,140)(H4,95,96,102)(H4,97,98,103)(H4,99,100,104)/t53-,57-,58-,59-,60-,61-,62-,63-,64-,65-,66-,67-,68-,69-,70-,74-/m0/s1. The van der Waals surface area contributed by atoms with Gasteiger partial charge in [0.2, 0.25) is 88.6 Å². The summed E-state index contributed by atoms with van der Waals surface area (Å²) in [7, 11) is 1.44. The van der Waals surface area contributed by atoms with Crippen molar-refractivity contribution in [2.75, 3.05) is 51.8 Å². The van der Waals surface area contributed by atoms with E-state index in [-0.39, 0.29) is 159 Å². The van der Waals surface area contributed by atoms with Crippen LogP contribution >= 0.6 is 11.8 Å². The lowest BCUT2D eigenvalue weighted by atomic mass is 9.95. The fourth-order valence-electron chi connectivity index (χ4n) is 14.5. The van der Waals surface area contributed by atoms with Gasteiger partial charge in [0.05, 0.1) is 19.1 Å². The van der Waals surface area contributed by atoms with E-state index in [1.54, 1.807) is 139 Å². The number of carboxylic acids is 3. The molecule has 15 amide bonds. The number of aliphatic hydroxyl groups is 1. The van der Waals surface area contributed by atoms with Crippen molar-refractivity contribution in [3.8, 4) is 0 Å². The first-order valence-electron chi connectivity index (χ1n) is 46.9. The first kappa shape index (κ1) is 121. The molecular weight excluding hydrogens is 1850 g/mol. The molecule has 141 heavy (non-hydrogen) atoms. The van der Waals surface area contributed by atoms with Crippen LogP contribution in [0.25, 0.3) is 0 Å². The highest BCUT2D eigenvalue weighted by Crippen LogP contribution is 2.19. The van der Waals surface area contributed by atoms with Crippen LogP contribution in [0, 0.1) is 34.0 Å². The fraction of sp³-hybridized carbons (Fsp3) is 0.576. The minimum Gasteiger partial charge on any atom is -0.481 e. The van der Waals surface area contributed by atoms with E-state index >= 15 is 24.0 Å². The molecule has 16 atom stereocenters. The Bertz CT molecular complexity index is 4610. The molecule has 0 aliphatic carbocycles. The molecule has 0 radical (unpaired) electrons. The minimum absolute atomic E-state index is 0.0543. The van der Waals surface area contributed by atoms with Crippen LogP contribution in [0.15, 0.2) is 91.0 Å². The molecular formula is C92H146N26O22S. The molecule has 3 aromatic rings. The summed E-state index contributed by atoms with van der Waals surface area (Å²) < 4.78 is 0. The number of primary amides is 1. The van der Waals surface area contributed by atoms with Gasteiger partial charge in [-0.05, 0) is 150 Å². The second-order valence-corrected chi connectivity index (χ2v) is 35.9. The second-order valence-electron chi connectivity index (χ2n) is 34.9. The maximum Gasteiger partial charge on any atom is 0.326 e. The molecule has 0 spiro atoms. The Labute approximate surface area is 823 Å². The number of rotatable bonds is 70. The fourth-order valence-corrected chi connectivity index (χ4v) is 15.0. The predicted octanol–water partition coefficient (Wildman–Crippen LogP) is -4.42. The number of nitrogens with two attached hydrogens (primary N) is 5. The third kappa shape index (κ3) is 48.5. The Balaban J connectivity index is 2.10. The molecule has 0 bridgehead atoms. The largest absolute Gasteiger partial charge is 0.481 e. The maximum absolute atomic E-state index is 15.3. The Morgan fingerprint density at radius 1 is 0.348 bits per heavy atom. The second kappa shape index (κ2) is 65.9. The van der Waals surface area contributed by atoms with Crippen molar-refractivity contribution in [2.45, 2.75) is 267 Å². The van der Waals surface area contributed by atoms with Gasteiger partial charge in [0.1, 0.15) is 84.6 Å². The van der Waals surface area contributed by atoms with Gasteiger partial charge in [-0.3, -0.25) is 97.7 Å². The molecule has 0 aliphatic rings. The third-order valence-corrected chi connectivity index (χ3v) is 23.0. The number of nitrogens with one attached hydrogen (secondary N) is 21. The van der Waals surface area contributed by atoms with Crippen LogP contribution < -0.4 is 124 Å². The number of hydrogen-bond acceptors (Lipinski definition) is 25. The van der Waals surface area contributed by atoms with Crippen LogP contribution in [0.3, 0.4) is 0 Å². The Kier molecular flexibility index (Phi) is 56.7. The van der Waals surface area contributed by atoms with Crippen LogP contribution in [0.5, 0.6) is 0 Å². The predicted molar refractivity (Wildman–Crippen MR) is 524 cm³/mol. The number of amides is 15. The highest BCUT2D eigenvalue weighted by Gasteiger charge is 2.41. The van der Waals surface area contributed by atoms with Gasteiger partial charge in [0.15, 0.2) is 17.9 Å². The summed E-state index contributed by atoms with van der Waals surface area (Å²) >= 11 is 1.35. The van der Waals surface area contributed by atoms with Crippen molar-refractivity contribution in [3.05, 3.63) is 108 Å². The van der Waals surface area contributed by atoms with Crippen molar-refractivity contribution in [1.82, 2.24) is 95.7 Å². The van der Waals surface area contributed by atoms with E-state index < -0.39 is 235 Å². The zero-order chi connectivity index (χ0) is 105. The molecule has 0 saturated carbocycles. The maximum atomic E-state index is 15.3. The molecule has 0 saturated heterocycles. The molecule has 0 heterocycles. The zero-order valence-electron chi connectivity index (χ0n) is 81.1. The number of benzene rings is 3. The molecule has 3 rings (SSSR count). The van der Waals surface area contributed by atoms with E-state index in [9.17, 15) is 82.8 Å². The molecule has 0 fully saturated rings. The number of carbonyl (C=O) groups excluding carboxylic acids is 15. The number of aliphatic carboxylic acids is 3. The zero-order valence-corrected chi connectivity index (χ0v) is 81.9. The van der Waals surface area contributed by atoms with Gasteiger partial charge < -0.3 is 145 Å². The number of carbonyl (C=O) groups is 18. The SMILES string of the molecule is CC[C@H](C)[C@H](NC(=O)[C@H](Cc1ccccc1)NC(=O)[C@H](CC(=O)O)NC(=O)[C@H](CCCNC(=N)N)NC(=O)[C@H](Cc1ccccc1)NC(=O)[C@H](Cc1ccccc1)NC(=O)[C@H](CCCCN)NC(=O)[C@H](CO)NC(=O)[C@H](CC(C)C)NC(=O)[C@H](CCCNC(=N)N)NC(=O)[C@H](CCSC)NC(=O)[C@H](CCC(=O)O)NC)C(=O)N[C@@H](CC(C)C)C(=O)N[C@@H](CCC(N)=O)C(=O)N[C@@H](CCCNC(=N)N)C(=O)O. The van der Waals surface area contributed by atoms with Crippen LogP contribution in [-0.4, -0.2) is 287 Å². The summed E-state index contributed by atoms with van der Waals surface area (Å²) in [6.45, 7) is 9.20. The summed E-state index contributed by atoms with van der Waals surface area (Å²) in [5, 5.41) is 110. The summed E-state index contributed by atoms with van der Waals surface area (Å²) in [4.78, 5) is 253. The lowest BCUT2D eigenvalue weighted by Gasteiger charge is -2.30. The molecule has 0 aliphatic heterocycles. The quantitative estimate of drug-likeness (QED) is 0.0144. The monoisotopic (exact) mass is 2000 g/mol. The number of likely N-dealkylation sites (N-methyl/N-ethyl adjacent to an activating group) is 1. The lowest BCUT2D eigenvalue weighted by Crippen LogP contribution is -2.62. The van der Waals surface area contributed by atoms with Crippen molar-refractivity contribution in [2.24, 2.45) is 46.4 Å². The number of carboxylic acid groups (broad SMARTS) is 3. The lowest BCUT2D eigenvalue weighted by molar-refractivity contribution is -0.143. The van der Waals surface area contributed by atoms with Gasteiger partial charge >= 0.3 is 17.9 Å². The molecule has 782 valence electrons. The summed E-state index contributed by atoms with van der Waals surface area (Å²) in [6, 6.07) is 1.04. The normalized spacial score (nSPS) is 14.5. The number of thioether (sulfide) groups is 1. The van der Waals surface area contributed by atoms with Gasteiger partial charge in [0.25, 0.3) is 0 Å². The van der Waals surface area contributed by atoms with E-state index in [4.69, 9.17) is 44.9 Å². The molecule has 0 aromatic heterocycles. The Hall–Kier alpha value is -13.8. The van der Waals surface area contributed by atoms with Crippen molar-refractivity contribution < 1.29 is 107 Å². The summed E-state index contributed by atoms with van der Waals surface area (Å²) in [5.74, 6) is -21.5. The average Bonchev–Trinajstić information content (AvgIpc) is 0.842. The van der Waals surface area contributed by atoms with Gasteiger partial charge in [-0.1, -0.05) is 139 Å². The van der Waals surface area contributed by atoms with E-state index in [1.165, 1.54) is 18.8 Å². The van der Waals surface area contributed by atoms with Crippen LogP contribution in [0.4, 0.5) is 0 Å². The third-order valence-electron chi connectivity index (χ3n) is 22.3. The highest BCUT2D eigenvalue weighted by molar-refractivity contribution is 7.98. The molecule has 35 N–H and O–H groups in total. The van der Waals surface area contributed by atoms with Gasteiger partial charge in [-0.25, -0.2) is 4.79 Å².